The Hall–Kier alpha value is -4.68. The second-order valence-electron chi connectivity index (χ2n) is 11.2. The SMILES string of the molecule is Cc1cccc2c1C13c4ccccc4-c4ccccc4C1(c1ccccc1-c1ccccc13)c1ccccc1-2. The quantitative estimate of drug-likeness (QED) is 0.197. The molecule has 0 heterocycles. The summed E-state index contributed by atoms with van der Waals surface area (Å²) in [6, 6.07) is 52.9. The average Bonchev–Trinajstić information content (AvgIpc) is 3.01. The molecule has 3 aliphatic carbocycles. The lowest BCUT2D eigenvalue weighted by molar-refractivity contribution is 0.403. The molecule has 0 N–H and O–H groups in total. The van der Waals surface area contributed by atoms with Crippen molar-refractivity contribution in [1.82, 2.24) is 0 Å². The molecule has 0 aliphatic heterocycles. The predicted molar refractivity (Wildman–Crippen MR) is 160 cm³/mol. The van der Waals surface area contributed by atoms with E-state index in [0.29, 0.717) is 0 Å². The molecule has 6 aromatic rings. The Morgan fingerprint density at radius 3 is 1.03 bits per heavy atom. The van der Waals surface area contributed by atoms with Crippen LogP contribution in [0.1, 0.15) is 38.9 Å². The second-order valence-corrected chi connectivity index (χ2v) is 11.2. The van der Waals surface area contributed by atoms with E-state index >= 15 is 0 Å². The highest BCUT2D eigenvalue weighted by atomic mass is 14.7. The molecule has 9 rings (SSSR count). The normalized spacial score (nSPS) is 20.6. The van der Waals surface area contributed by atoms with Gasteiger partial charge < -0.3 is 0 Å². The van der Waals surface area contributed by atoms with Gasteiger partial charge in [-0.05, 0) is 79.2 Å². The van der Waals surface area contributed by atoms with Crippen LogP contribution >= 0.6 is 0 Å². The molecule has 0 unspecified atom stereocenters. The summed E-state index contributed by atoms with van der Waals surface area (Å²) in [4.78, 5) is 0. The van der Waals surface area contributed by atoms with Crippen molar-refractivity contribution < 1.29 is 0 Å². The standard InChI is InChI=1S/C39H26/c1-25-13-12-19-31-30-18-6-9-22-34(30)38-32-20-7-2-14-26(32)28-16-4-10-23-35(28)39(38,37(25)31)36-24-11-5-17-29(36)27-15-3-8-21-33(27)38/h2-24H,1H3. The van der Waals surface area contributed by atoms with Gasteiger partial charge in [-0.1, -0.05) is 140 Å². The van der Waals surface area contributed by atoms with Gasteiger partial charge in [-0.25, -0.2) is 0 Å². The summed E-state index contributed by atoms with van der Waals surface area (Å²) < 4.78 is 0. The zero-order valence-corrected chi connectivity index (χ0v) is 21.8. The van der Waals surface area contributed by atoms with Gasteiger partial charge in [0.15, 0.2) is 0 Å². The second kappa shape index (κ2) is 7.24. The number of hydrogen-bond acceptors (Lipinski definition) is 0. The maximum atomic E-state index is 2.41. The van der Waals surface area contributed by atoms with Crippen molar-refractivity contribution in [2.75, 3.05) is 0 Å². The van der Waals surface area contributed by atoms with Crippen LogP contribution in [0.25, 0.3) is 33.4 Å². The van der Waals surface area contributed by atoms with E-state index in [1.54, 1.807) is 0 Å². The van der Waals surface area contributed by atoms with Gasteiger partial charge in [0.1, 0.15) is 0 Å². The summed E-state index contributed by atoms with van der Waals surface area (Å²) in [7, 11) is 0. The Morgan fingerprint density at radius 1 is 0.308 bits per heavy atom. The number of benzene rings is 6. The Balaban J connectivity index is 1.68. The molecule has 0 aromatic heterocycles. The summed E-state index contributed by atoms with van der Waals surface area (Å²) in [6.45, 7) is 2.32. The lowest BCUT2D eigenvalue weighted by Gasteiger charge is -2.62. The number of aryl methyl sites for hydroxylation is 1. The van der Waals surface area contributed by atoms with Gasteiger partial charge in [-0.2, -0.15) is 0 Å². The van der Waals surface area contributed by atoms with Crippen LogP contribution in [0.3, 0.4) is 0 Å². The van der Waals surface area contributed by atoms with E-state index in [1.165, 1.54) is 72.3 Å². The van der Waals surface area contributed by atoms with Crippen molar-refractivity contribution in [3.05, 3.63) is 178 Å². The first-order valence-corrected chi connectivity index (χ1v) is 13.9. The van der Waals surface area contributed by atoms with Crippen LogP contribution in [-0.4, -0.2) is 0 Å². The van der Waals surface area contributed by atoms with Crippen LogP contribution < -0.4 is 0 Å². The van der Waals surface area contributed by atoms with Crippen LogP contribution in [0.2, 0.25) is 0 Å². The molecule has 0 bridgehead atoms. The van der Waals surface area contributed by atoms with E-state index < -0.39 is 10.8 Å². The molecule has 0 saturated carbocycles. The van der Waals surface area contributed by atoms with E-state index in [9.17, 15) is 0 Å². The monoisotopic (exact) mass is 494 g/mol. The first kappa shape index (κ1) is 21.3. The summed E-state index contributed by atoms with van der Waals surface area (Å²) in [6.07, 6.45) is 0. The molecule has 0 amide bonds. The fraction of sp³-hybridized carbons (Fsp3) is 0.0769. The first-order valence-electron chi connectivity index (χ1n) is 13.9. The van der Waals surface area contributed by atoms with Gasteiger partial charge in [0, 0.05) is 0 Å². The molecule has 0 nitrogen and oxygen atoms in total. The van der Waals surface area contributed by atoms with Crippen LogP contribution in [0.4, 0.5) is 0 Å². The maximum absolute atomic E-state index is 2.41. The van der Waals surface area contributed by atoms with E-state index in [4.69, 9.17) is 0 Å². The van der Waals surface area contributed by atoms with Crippen molar-refractivity contribution in [3.8, 4) is 33.4 Å². The van der Waals surface area contributed by atoms with Crippen molar-refractivity contribution >= 4 is 0 Å². The van der Waals surface area contributed by atoms with Gasteiger partial charge in [0.05, 0.1) is 10.8 Å². The maximum Gasteiger partial charge on any atom is 0.0650 e. The first-order chi connectivity index (χ1) is 19.3. The Bertz CT molecular complexity index is 1900. The lowest BCUT2D eigenvalue weighted by Crippen LogP contribution is -2.58. The molecular formula is C39H26. The highest BCUT2D eigenvalue weighted by Crippen LogP contribution is 2.73. The van der Waals surface area contributed by atoms with Crippen LogP contribution in [0.5, 0.6) is 0 Å². The summed E-state index contributed by atoms with van der Waals surface area (Å²) in [5, 5.41) is 0. The number of hydrogen-bond donors (Lipinski definition) is 0. The van der Waals surface area contributed by atoms with Gasteiger partial charge >= 0.3 is 0 Å². The largest absolute Gasteiger partial charge is 0.0650 e. The zero-order chi connectivity index (χ0) is 25.8. The summed E-state index contributed by atoms with van der Waals surface area (Å²) in [5.74, 6) is 0. The van der Waals surface area contributed by atoms with Crippen LogP contribution in [0, 0.1) is 6.92 Å². The highest BCUT2D eigenvalue weighted by molar-refractivity contribution is 5.98. The predicted octanol–water partition coefficient (Wildman–Crippen LogP) is 9.31. The summed E-state index contributed by atoms with van der Waals surface area (Å²) >= 11 is 0. The molecular weight excluding hydrogens is 468 g/mol. The Kier molecular flexibility index (Phi) is 3.95. The smallest absolute Gasteiger partial charge is 0.0619 e. The molecule has 182 valence electrons. The Labute approximate surface area is 229 Å². The Morgan fingerprint density at radius 2 is 0.615 bits per heavy atom. The third-order valence-electron chi connectivity index (χ3n) is 9.74. The van der Waals surface area contributed by atoms with Gasteiger partial charge in [-0.3, -0.25) is 0 Å². The number of rotatable bonds is 0. The molecule has 0 heteroatoms. The third kappa shape index (κ3) is 2.22. The van der Waals surface area contributed by atoms with E-state index in [-0.39, 0.29) is 0 Å². The van der Waals surface area contributed by atoms with E-state index in [2.05, 4.69) is 146 Å². The van der Waals surface area contributed by atoms with Crippen molar-refractivity contribution in [2.45, 2.75) is 17.8 Å². The highest BCUT2D eigenvalue weighted by Gasteiger charge is 2.66. The molecule has 0 saturated heterocycles. The topological polar surface area (TPSA) is 0 Å². The van der Waals surface area contributed by atoms with E-state index in [0.717, 1.165) is 0 Å². The molecule has 0 radical (unpaired) electrons. The van der Waals surface area contributed by atoms with Gasteiger partial charge in [-0.15, -0.1) is 0 Å². The van der Waals surface area contributed by atoms with Crippen molar-refractivity contribution in [3.63, 3.8) is 0 Å². The lowest BCUT2D eigenvalue weighted by atomic mass is 9.38. The fourth-order valence-electron chi connectivity index (χ4n) is 8.66. The summed E-state index contributed by atoms with van der Waals surface area (Å²) in [5.41, 5.74) is 16.9. The minimum atomic E-state index is -0.433. The molecule has 0 fully saturated rings. The average molecular weight is 495 g/mol. The fourth-order valence-corrected chi connectivity index (χ4v) is 8.66. The van der Waals surface area contributed by atoms with Crippen molar-refractivity contribution in [1.29, 1.82) is 0 Å². The molecule has 6 aromatic carbocycles. The van der Waals surface area contributed by atoms with Gasteiger partial charge in [0.25, 0.3) is 0 Å². The van der Waals surface area contributed by atoms with Gasteiger partial charge in [0.2, 0.25) is 0 Å². The van der Waals surface area contributed by atoms with Crippen molar-refractivity contribution in [2.24, 2.45) is 0 Å². The molecule has 39 heavy (non-hydrogen) atoms. The zero-order valence-electron chi connectivity index (χ0n) is 21.8. The molecule has 0 spiro atoms. The minimum absolute atomic E-state index is 0.432. The van der Waals surface area contributed by atoms with Crippen LogP contribution in [0.15, 0.2) is 140 Å². The molecule has 3 aliphatic rings. The van der Waals surface area contributed by atoms with Crippen LogP contribution in [-0.2, 0) is 10.8 Å². The van der Waals surface area contributed by atoms with E-state index in [1.807, 2.05) is 0 Å². The third-order valence-corrected chi connectivity index (χ3v) is 9.74. The minimum Gasteiger partial charge on any atom is -0.0619 e. The molecule has 0 atom stereocenters. The number of fused-ring (bicyclic) bond motifs is 9.